The molecule has 2 nitrogen and oxygen atoms in total. The van der Waals surface area contributed by atoms with Crippen LogP contribution in [0.25, 0.3) is 0 Å². The molecule has 0 heterocycles. The Labute approximate surface area is 113 Å². The molecule has 2 rings (SSSR count). The van der Waals surface area contributed by atoms with Crippen LogP contribution >= 0.6 is 0 Å². The van der Waals surface area contributed by atoms with Gasteiger partial charge < -0.3 is 10.1 Å². The minimum absolute atomic E-state index is 0.450. The SMILES string of the molecule is CCNC(CC1CCC1)C(OC)C1CCCCC1. The van der Waals surface area contributed by atoms with Crippen LogP contribution in [0, 0.1) is 11.8 Å². The van der Waals surface area contributed by atoms with E-state index in [0.717, 1.165) is 18.4 Å². The zero-order valence-electron chi connectivity index (χ0n) is 12.3. The van der Waals surface area contributed by atoms with Crippen molar-refractivity contribution in [1.29, 1.82) is 0 Å². The summed E-state index contributed by atoms with van der Waals surface area (Å²) in [6.45, 7) is 3.30. The predicted molar refractivity (Wildman–Crippen MR) is 76.8 cm³/mol. The summed E-state index contributed by atoms with van der Waals surface area (Å²) in [5.41, 5.74) is 0. The molecular formula is C16H31NO. The van der Waals surface area contributed by atoms with Crippen LogP contribution in [0.3, 0.4) is 0 Å². The van der Waals surface area contributed by atoms with E-state index in [1.54, 1.807) is 0 Å². The maximum absolute atomic E-state index is 5.91. The number of likely N-dealkylation sites (N-methyl/N-ethyl adjacent to an activating group) is 1. The molecule has 106 valence electrons. The Balaban J connectivity index is 1.90. The maximum atomic E-state index is 5.91. The van der Waals surface area contributed by atoms with Gasteiger partial charge in [0.15, 0.2) is 0 Å². The van der Waals surface area contributed by atoms with Gasteiger partial charge in [-0.15, -0.1) is 0 Å². The number of ether oxygens (including phenoxy) is 1. The third kappa shape index (κ3) is 3.71. The second-order valence-corrected chi connectivity index (χ2v) is 6.30. The van der Waals surface area contributed by atoms with Crippen molar-refractivity contribution in [3.63, 3.8) is 0 Å². The fourth-order valence-electron chi connectivity index (χ4n) is 3.83. The molecule has 0 aliphatic heterocycles. The first-order valence-corrected chi connectivity index (χ1v) is 8.11. The molecule has 0 radical (unpaired) electrons. The van der Waals surface area contributed by atoms with Crippen LogP contribution in [0.2, 0.25) is 0 Å². The Hall–Kier alpha value is -0.0800. The number of hydrogen-bond donors (Lipinski definition) is 1. The van der Waals surface area contributed by atoms with E-state index in [2.05, 4.69) is 12.2 Å². The molecule has 0 bridgehead atoms. The summed E-state index contributed by atoms with van der Waals surface area (Å²) in [5, 5.41) is 3.71. The van der Waals surface area contributed by atoms with Crippen LogP contribution in [0.4, 0.5) is 0 Å². The Morgan fingerprint density at radius 1 is 1.06 bits per heavy atom. The largest absolute Gasteiger partial charge is 0.380 e. The zero-order chi connectivity index (χ0) is 12.8. The molecule has 2 unspecified atom stereocenters. The first-order valence-electron chi connectivity index (χ1n) is 8.11. The van der Waals surface area contributed by atoms with Crippen LogP contribution in [0.15, 0.2) is 0 Å². The van der Waals surface area contributed by atoms with Crippen molar-refractivity contribution >= 4 is 0 Å². The Morgan fingerprint density at radius 3 is 2.28 bits per heavy atom. The van der Waals surface area contributed by atoms with Crippen molar-refractivity contribution in [1.82, 2.24) is 5.32 Å². The van der Waals surface area contributed by atoms with Gasteiger partial charge in [0.2, 0.25) is 0 Å². The summed E-state index contributed by atoms with van der Waals surface area (Å²) in [7, 11) is 1.92. The molecule has 0 aromatic rings. The summed E-state index contributed by atoms with van der Waals surface area (Å²) in [5.74, 6) is 1.77. The zero-order valence-corrected chi connectivity index (χ0v) is 12.3. The third-order valence-corrected chi connectivity index (χ3v) is 5.06. The summed E-state index contributed by atoms with van der Waals surface area (Å²) in [6, 6.07) is 0.591. The molecule has 2 aliphatic carbocycles. The molecule has 2 heteroatoms. The quantitative estimate of drug-likeness (QED) is 0.746. The van der Waals surface area contributed by atoms with Crippen LogP contribution in [-0.2, 0) is 4.74 Å². The molecule has 2 fully saturated rings. The topological polar surface area (TPSA) is 21.3 Å². The molecule has 18 heavy (non-hydrogen) atoms. The van der Waals surface area contributed by atoms with Gasteiger partial charge in [0.25, 0.3) is 0 Å². The van der Waals surface area contributed by atoms with Gasteiger partial charge in [-0.05, 0) is 37.6 Å². The Kier molecular flexibility index (Phi) is 5.97. The third-order valence-electron chi connectivity index (χ3n) is 5.06. The van der Waals surface area contributed by atoms with E-state index in [1.165, 1.54) is 57.8 Å². The summed E-state index contributed by atoms with van der Waals surface area (Å²) in [6.07, 6.45) is 13.1. The number of hydrogen-bond acceptors (Lipinski definition) is 2. The van der Waals surface area contributed by atoms with Crippen molar-refractivity contribution < 1.29 is 4.74 Å². The lowest BCUT2D eigenvalue weighted by Crippen LogP contribution is -2.47. The normalized spacial score (nSPS) is 25.7. The van der Waals surface area contributed by atoms with Crippen LogP contribution < -0.4 is 5.32 Å². The van der Waals surface area contributed by atoms with Gasteiger partial charge in [0.1, 0.15) is 0 Å². The summed E-state index contributed by atoms with van der Waals surface area (Å²) < 4.78 is 5.91. The van der Waals surface area contributed by atoms with E-state index in [1.807, 2.05) is 7.11 Å². The fourth-order valence-corrected chi connectivity index (χ4v) is 3.83. The summed E-state index contributed by atoms with van der Waals surface area (Å²) in [4.78, 5) is 0. The highest BCUT2D eigenvalue weighted by Gasteiger charge is 2.32. The number of methoxy groups -OCH3 is 1. The molecule has 0 saturated heterocycles. The molecular weight excluding hydrogens is 222 g/mol. The van der Waals surface area contributed by atoms with Gasteiger partial charge in [0.05, 0.1) is 6.10 Å². The van der Waals surface area contributed by atoms with Crippen molar-refractivity contribution in [3.05, 3.63) is 0 Å². The average Bonchev–Trinajstić information content (AvgIpc) is 2.36. The first kappa shape index (κ1) is 14.3. The van der Waals surface area contributed by atoms with Crippen molar-refractivity contribution in [2.75, 3.05) is 13.7 Å². The summed E-state index contributed by atoms with van der Waals surface area (Å²) >= 11 is 0. The highest BCUT2D eigenvalue weighted by Crippen LogP contribution is 2.35. The van der Waals surface area contributed by atoms with Crippen LogP contribution in [0.1, 0.15) is 64.7 Å². The molecule has 1 N–H and O–H groups in total. The lowest BCUT2D eigenvalue weighted by Gasteiger charge is -2.38. The average molecular weight is 253 g/mol. The highest BCUT2D eigenvalue weighted by atomic mass is 16.5. The minimum atomic E-state index is 0.450. The first-order chi connectivity index (χ1) is 8.85. The minimum Gasteiger partial charge on any atom is -0.380 e. The number of nitrogens with one attached hydrogen (secondary N) is 1. The van der Waals surface area contributed by atoms with Gasteiger partial charge in [-0.1, -0.05) is 45.4 Å². The fraction of sp³-hybridized carbons (Fsp3) is 1.00. The second kappa shape index (κ2) is 7.49. The van der Waals surface area contributed by atoms with Gasteiger partial charge in [-0.2, -0.15) is 0 Å². The molecule has 0 aromatic heterocycles. The van der Waals surface area contributed by atoms with Gasteiger partial charge >= 0.3 is 0 Å². The predicted octanol–water partition coefficient (Wildman–Crippen LogP) is 3.75. The second-order valence-electron chi connectivity index (χ2n) is 6.30. The van der Waals surface area contributed by atoms with Crippen molar-refractivity contribution in [2.45, 2.75) is 76.9 Å². The Morgan fingerprint density at radius 2 is 1.78 bits per heavy atom. The van der Waals surface area contributed by atoms with E-state index in [0.29, 0.717) is 12.1 Å². The van der Waals surface area contributed by atoms with Crippen molar-refractivity contribution in [3.8, 4) is 0 Å². The van der Waals surface area contributed by atoms with E-state index < -0.39 is 0 Å². The van der Waals surface area contributed by atoms with Crippen molar-refractivity contribution in [2.24, 2.45) is 11.8 Å². The van der Waals surface area contributed by atoms with Crippen LogP contribution in [-0.4, -0.2) is 25.8 Å². The molecule has 2 atom stereocenters. The maximum Gasteiger partial charge on any atom is 0.0752 e. The number of rotatable bonds is 7. The molecule has 0 amide bonds. The van der Waals surface area contributed by atoms with E-state index in [-0.39, 0.29) is 0 Å². The van der Waals surface area contributed by atoms with Gasteiger partial charge in [-0.25, -0.2) is 0 Å². The molecule has 2 saturated carbocycles. The lowest BCUT2D eigenvalue weighted by molar-refractivity contribution is -0.000940. The highest BCUT2D eigenvalue weighted by molar-refractivity contribution is 4.87. The smallest absolute Gasteiger partial charge is 0.0752 e. The van der Waals surface area contributed by atoms with Gasteiger partial charge in [-0.3, -0.25) is 0 Å². The van der Waals surface area contributed by atoms with E-state index >= 15 is 0 Å². The van der Waals surface area contributed by atoms with E-state index in [4.69, 9.17) is 4.74 Å². The lowest BCUT2D eigenvalue weighted by atomic mass is 9.76. The standard InChI is InChI=1S/C16H31NO/c1-3-17-15(12-13-8-7-9-13)16(18-2)14-10-5-4-6-11-14/h13-17H,3-12H2,1-2H3. The molecule has 2 aliphatic rings. The van der Waals surface area contributed by atoms with E-state index in [9.17, 15) is 0 Å². The Bertz CT molecular complexity index is 221. The molecule has 0 aromatic carbocycles. The van der Waals surface area contributed by atoms with Crippen LogP contribution in [0.5, 0.6) is 0 Å². The molecule has 0 spiro atoms. The monoisotopic (exact) mass is 253 g/mol. The van der Waals surface area contributed by atoms with Gasteiger partial charge in [0, 0.05) is 13.2 Å².